The van der Waals surface area contributed by atoms with E-state index in [1.54, 1.807) is 25.3 Å². The summed E-state index contributed by atoms with van der Waals surface area (Å²) in [6.45, 7) is 8.34. The van der Waals surface area contributed by atoms with Crippen LogP contribution in [0, 0.1) is 31.1 Å². The maximum absolute atomic E-state index is 12.5. The molecule has 1 heterocycles. The Morgan fingerprint density at radius 1 is 1.00 bits per heavy atom. The molecule has 1 atom stereocenters. The molecule has 3 aromatic carbocycles. The Hall–Kier alpha value is -4.64. The molecule has 1 aliphatic rings. The van der Waals surface area contributed by atoms with Gasteiger partial charge in [0.1, 0.15) is 28.9 Å². The van der Waals surface area contributed by atoms with Gasteiger partial charge in [-0.2, -0.15) is 5.26 Å². The number of benzene rings is 3. The average Bonchev–Trinajstić information content (AvgIpc) is 2.89. The van der Waals surface area contributed by atoms with Crippen LogP contribution in [0.5, 0.6) is 28.7 Å². The smallest absolute Gasteiger partial charge is 0.349 e. The summed E-state index contributed by atoms with van der Waals surface area (Å²) in [5.41, 5.74) is 9.98. The van der Waals surface area contributed by atoms with Crippen molar-refractivity contribution in [2.45, 2.75) is 33.6 Å². The third-order valence-electron chi connectivity index (χ3n) is 6.07. The largest absolute Gasteiger partial charge is 0.493 e. The maximum Gasteiger partial charge on any atom is 0.349 e. The average molecular weight is 529 g/mol. The number of nitriles is 1. The first-order valence-corrected chi connectivity index (χ1v) is 12.6. The first kappa shape index (κ1) is 27.4. The highest BCUT2D eigenvalue weighted by atomic mass is 16.6. The number of rotatable bonds is 9. The monoisotopic (exact) mass is 528 g/mol. The third kappa shape index (κ3) is 6.44. The minimum absolute atomic E-state index is 0.0178. The van der Waals surface area contributed by atoms with Crippen molar-refractivity contribution in [1.29, 1.82) is 5.26 Å². The van der Waals surface area contributed by atoms with Gasteiger partial charge < -0.3 is 29.4 Å². The van der Waals surface area contributed by atoms with E-state index in [1.165, 1.54) is 0 Å². The predicted molar refractivity (Wildman–Crippen MR) is 146 cm³/mol. The molecule has 4 rings (SSSR count). The molecule has 1 unspecified atom stereocenters. The zero-order valence-electron chi connectivity index (χ0n) is 22.7. The molecule has 0 bridgehead atoms. The van der Waals surface area contributed by atoms with Crippen molar-refractivity contribution in [2.75, 3.05) is 20.3 Å². The van der Waals surface area contributed by atoms with Gasteiger partial charge in [-0.3, -0.25) is 0 Å². The fourth-order valence-corrected chi connectivity index (χ4v) is 4.40. The number of carbonyl (C=O) groups is 1. The second-order valence-electron chi connectivity index (χ2n) is 9.83. The molecule has 0 aliphatic carbocycles. The molecule has 2 N–H and O–H groups in total. The van der Waals surface area contributed by atoms with Crippen molar-refractivity contribution in [3.63, 3.8) is 0 Å². The number of hydrogen-bond acceptors (Lipinski definition) is 8. The van der Waals surface area contributed by atoms with Crippen molar-refractivity contribution in [2.24, 2.45) is 11.7 Å². The molecule has 202 valence electrons. The number of carbonyl (C=O) groups excluding carboxylic acids is 1. The fraction of sp³-hybridized carbons (Fsp3) is 0.290. The number of methoxy groups -OCH3 is 1. The zero-order chi connectivity index (χ0) is 28.1. The lowest BCUT2D eigenvalue weighted by molar-refractivity contribution is -0.136. The number of allylic oxidation sites excluding steroid dienone is 1. The van der Waals surface area contributed by atoms with E-state index >= 15 is 0 Å². The van der Waals surface area contributed by atoms with Gasteiger partial charge in [0.25, 0.3) is 0 Å². The molecule has 0 radical (unpaired) electrons. The first-order valence-electron chi connectivity index (χ1n) is 12.6. The van der Waals surface area contributed by atoms with Gasteiger partial charge in [-0.25, -0.2) is 4.79 Å². The molecule has 0 saturated heterocycles. The standard InChI is InChI=1S/C31H32N2O6/c1-18(2)16-37-26-9-6-21(13-28(26)35-5)30-24-8-7-22(14-27(24)39-31(33)25(30)15-32)38-29(34)17-36-23-11-19(3)10-20(4)12-23/h6-14,18,30H,16-17,33H2,1-5H3. The molecule has 39 heavy (non-hydrogen) atoms. The number of aryl methyl sites for hydroxylation is 2. The third-order valence-corrected chi connectivity index (χ3v) is 6.07. The number of ether oxygens (including phenoxy) is 5. The second-order valence-corrected chi connectivity index (χ2v) is 9.83. The highest BCUT2D eigenvalue weighted by Gasteiger charge is 2.32. The normalized spacial score (nSPS) is 14.2. The van der Waals surface area contributed by atoms with Gasteiger partial charge in [0.05, 0.1) is 19.6 Å². The second kappa shape index (κ2) is 11.8. The Labute approximate surface area is 228 Å². The van der Waals surface area contributed by atoms with Crippen LogP contribution in [-0.2, 0) is 4.79 Å². The van der Waals surface area contributed by atoms with Crippen molar-refractivity contribution in [3.8, 4) is 34.8 Å². The molecule has 8 nitrogen and oxygen atoms in total. The number of nitrogens with zero attached hydrogens (tertiary/aromatic N) is 1. The van der Waals surface area contributed by atoms with E-state index in [2.05, 4.69) is 19.9 Å². The molecule has 1 aliphatic heterocycles. The van der Waals surface area contributed by atoms with Crippen molar-refractivity contribution < 1.29 is 28.5 Å². The van der Waals surface area contributed by atoms with Crippen molar-refractivity contribution in [1.82, 2.24) is 0 Å². The van der Waals surface area contributed by atoms with E-state index in [0.717, 1.165) is 16.7 Å². The van der Waals surface area contributed by atoms with E-state index in [-0.39, 0.29) is 23.8 Å². The summed E-state index contributed by atoms with van der Waals surface area (Å²) in [6, 6.07) is 18.4. The van der Waals surface area contributed by atoms with Gasteiger partial charge in [0, 0.05) is 11.6 Å². The van der Waals surface area contributed by atoms with E-state index in [9.17, 15) is 10.1 Å². The van der Waals surface area contributed by atoms with Gasteiger partial charge in [-0.1, -0.05) is 32.0 Å². The fourth-order valence-electron chi connectivity index (χ4n) is 4.40. The van der Waals surface area contributed by atoms with Gasteiger partial charge in [0.2, 0.25) is 5.88 Å². The molecule has 8 heteroatoms. The van der Waals surface area contributed by atoms with Crippen LogP contribution >= 0.6 is 0 Å². The molecule has 0 aromatic heterocycles. The van der Waals surface area contributed by atoms with E-state index < -0.39 is 11.9 Å². The summed E-state index contributed by atoms with van der Waals surface area (Å²) in [4.78, 5) is 12.5. The molecule has 0 amide bonds. The Kier molecular flexibility index (Phi) is 8.30. The number of hydrogen-bond donors (Lipinski definition) is 1. The summed E-state index contributed by atoms with van der Waals surface area (Å²) < 4.78 is 28.3. The highest BCUT2D eigenvalue weighted by molar-refractivity contribution is 5.74. The molecule has 0 spiro atoms. The number of nitrogens with two attached hydrogens (primary N) is 1. The maximum atomic E-state index is 12.5. The Bertz CT molecular complexity index is 1430. The molecule has 3 aromatic rings. The number of esters is 1. The topological polar surface area (TPSA) is 113 Å². The Morgan fingerprint density at radius 3 is 2.41 bits per heavy atom. The summed E-state index contributed by atoms with van der Waals surface area (Å²) in [7, 11) is 1.57. The molecular formula is C31H32N2O6. The van der Waals surface area contributed by atoms with Crippen molar-refractivity contribution in [3.05, 3.63) is 88.3 Å². The van der Waals surface area contributed by atoms with E-state index in [1.807, 2.05) is 50.2 Å². The highest BCUT2D eigenvalue weighted by Crippen LogP contribution is 2.45. The lowest BCUT2D eigenvalue weighted by Gasteiger charge is -2.27. The summed E-state index contributed by atoms with van der Waals surface area (Å²) in [6.07, 6.45) is 0. The summed E-state index contributed by atoms with van der Waals surface area (Å²) in [5.74, 6) is 1.67. The predicted octanol–water partition coefficient (Wildman–Crippen LogP) is 5.55. The van der Waals surface area contributed by atoms with Crippen LogP contribution in [0.15, 0.2) is 66.1 Å². The first-order chi connectivity index (χ1) is 18.7. The van der Waals surface area contributed by atoms with Crippen LogP contribution in [0.1, 0.15) is 42.0 Å². The van der Waals surface area contributed by atoms with Gasteiger partial charge in [-0.15, -0.1) is 0 Å². The van der Waals surface area contributed by atoms with Gasteiger partial charge in [-0.05, 0) is 66.8 Å². The van der Waals surface area contributed by atoms with Crippen LogP contribution in [-0.4, -0.2) is 26.3 Å². The minimum Gasteiger partial charge on any atom is -0.493 e. The van der Waals surface area contributed by atoms with E-state index in [4.69, 9.17) is 29.4 Å². The lowest BCUT2D eigenvalue weighted by atomic mass is 9.83. The quantitative estimate of drug-likeness (QED) is 0.284. The zero-order valence-corrected chi connectivity index (χ0v) is 22.7. The molecular weight excluding hydrogens is 496 g/mol. The summed E-state index contributed by atoms with van der Waals surface area (Å²) in [5, 5.41) is 9.90. The Balaban J connectivity index is 1.56. The Morgan fingerprint density at radius 2 is 1.74 bits per heavy atom. The van der Waals surface area contributed by atoms with Crippen LogP contribution in [0.25, 0.3) is 0 Å². The minimum atomic E-state index is -0.565. The lowest BCUT2D eigenvalue weighted by Crippen LogP contribution is -2.22. The molecule has 0 saturated carbocycles. The SMILES string of the molecule is COc1cc(C2C(C#N)=C(N)Oc3cc(OC(=O)COc4cc(C)cc(C)c4)ccc32)ccc1OCC(C)C. The number of fused-ring (bicyclic) bond motifs is 1. The van der Waals surface area contributed by atoms with Gasteiger partial charge in [0.15, 0.2) is 18.1 Å². The van der Waals surface area contributed by atoms with Crippen LogP contribution in [0.4, 0.5) is 0 Å². The van der Waals surface area contributed by atoms with Crippen LogP contribution in [0.2, 0.25) is 0 Å². The van der Waals surface area contributed by atoms with Gasteiger partial charge >= 0.3 is 5.97 Å². The van der Waals surface area contributed by atoms with Crippen LogP contribution in [0.3, 0.4) is 0 Å². The van der Waals surface area contributed by atoms with E-state index in [0.29, 0.717) is 41.1 Å². The van der Waals surface area contributed by atoms with Crippen molar-refractivity contribution >= 4 is 5.97 Å². The van der Waals surface area contributed by atoms with Crippen LogP contribution < -0.4 is 29.4 Å². The molecule has 0 fully saturated rings. The summed E-state index contributed by atoms with van der Waals surface area (Å²) >= 11 is 0.